The van der Waals surface area contributed by atoms with Gasteiger partial charge in [0.15, 0.2) is 9.76 Å². The van der Waals surface area contributed by atoms with Crippen LogP contribution in [0, 0.1) is 0 Å². The van der Waals surface area contributed by atoms with E-state index in [0.29, 0.717) is 6.10 Å². The fraction of sp³-hybridized carbons (Fsp3) is 0.875. The molecule has 0 saturated heterocycles. The van der Waals surface area contributed by atoms with Crippen LogP contribution in [0.15, 0.2) is 4.99 Å². The molecule has 0 N–H and O–H groups in total. The second kappa shape index (κ2) is 7.95. The molecule has 0 heterocycles. The van der Waals surface area contributed by atoms with Gasteiger partial charge in [0.05, 0.1) is 0 Å². The molecular formula is C8H19NOSi. The first-order valence-corrected chi connectivity index (χ1v) is 5.91. The molecule has 0 aliphatic carbocycles. The highest BCUT2D eigenvalue weighted by Crippen LogP contribution is 1.93. The lowest BCUT2D eigenvalue weighted by molar-refractivity contribution is 0.255. The molecule has 3 heteroatoms. The molecule has 0 aromatic heterocycles. The summed E-state index contributed by atoms with van der Waals surface area (Å²) >= 11 is 0. The zero-order chi connectivity index (χ0) is 8.53. The summed E-state index contributed by atoms with van der Waals surface area (Å²) in [4.78, 5) is 4.13. The SMILES string of the molecule is CC=NCCC[SiH2]OC(C)C. The van der Waals surface area contributed by atoms with E-state index >= 15 is 0 Å². The predicted molar refractivity (Wildman–Crippen MR) is 53.2 cm³/mol. The Morgan fingerprint density at radius 2 is 2.27 bits per heavy atom. The average molecular weight is 173 g/mol. The molecule has 0 aromatic carbocycles. The molecule has 0 spiro atoms. The van der Waals surface area contributed by atoms with Gasteiger partial charge in [0.25, 0.3) is 0 Å². The van der Waals surface area contributed by atoms with Crippen LogP contribution in [0.4, 0.5) is 0 Å². The number of nitrogens with zero attached hydrogens (tertiary/aromatic N) is 1. The van der Waals surface area contributed by atoms with Crippen LogP contribution in [-0.4, -0.2) is 28.6 Å². The largest absolute Gasteiger partial charge is 0.422 e. The van der Waals surface area contributed by atoms with Crippen LogP contribution in [0.5, 0.6) is 0 Å². The van der Waals surface area contributed by atoms with E-state index in [-0.39, 0.29) is 9.76 Å². The first-order chi connectivity index (χ1) is 5.27. The van der Waals surface area contributed by atoms with Gasteiger partial charge in [-0.1, -0.05) is 0 Å². The molecule has 0 saturated carbocycles. The highest BCUT2D eigenvalue weighted by molar-refractivity contribution is 6.27. The number of rotatable bonds is 6. The van der Waals surface area contributed by atoms with Crippen molar-refractivity contribution in [1.29, 1.82) is 0 Å². The van der Waals surface area contributed by atoms with Crippen molar-refractivity contribution in [3.8, 4) is 0 Å². The van der Waals surface area contributed by atoms with Gasteiger partial charge >= 0.3 is 0 Å². The van der Waals surface area contributed by atoms with Crippen molar-refractivity contribution in [1.82, 2.24) is 0 Å². The van der Waals surface area contributed by atoms with Gasteiger partial charge in [0.2, 0.25) is 0 Å². The van der Waals surface area contributed by atoms with Gasteiger partial charge in [-0.25, -0.2) is 0 Å². The normalized spacial score (nSPS) is 12.7. The van der Waals surface area contributed by atoms with E-state index < -0.39 is 0 Å². The Kier molecular flexibility index (Phi) is 7.84. The van der Waals surface area contributed by atoms with Crippen LogP contribution in [-0.2, 0) is 4.43 Å². The van der Waals surface area contributed by atoms with Gasteiger partial charge in [-0.05, 0) is 39.5 Å². The predicted octanol–water partition coefficient (Wildman–Crippen LogP) is 1.39. The zero-order valence-electron chi connectivity index (χ0n) is 7.84. The summed E-state index contributed by atoms with van der Waals surface area (Å²) in [6.45, 7) is 7.13. The van der Waals surface area contributed by atoms with E-state index in [2.05, 4.69) is 18.8 Å². The molecule has 66 valence electrons. The molecule has 0 bridgehead atoms. The minimum atomic E-state index is -0.238. The van der Waals surface area contributed by atoms with Crippen molar-refractivity contribution in [2.75, 3.05) is 6.54 Å². The Morgan fingerprint density at radius 3 is 2.82 bits per heavy atom. The molecule has 0 aromatic rings. The van der Waals surface area contributed by atoms with Crippen LogP contribution in [0.2, 0.25) is 6.04 Å². The molecular weight excluding hydrogens is 154 g/mol. The van der Waals surface area contributed by atoms with Crippen molar-refractivity contribution in [3.05, 3.63) is 0 Å². The molecule has 0 amide bonds. The monoisotopic (exact) mass is 173 g/mol. The van der Waals surface area contributed by atoms with Crippen molar-refractivity contribution >= 4 is 16.0 Å². The van der Waals surface area contributed by atoms with Crippen LogP contribution in [0.25, 0.3) is 0 Å². The Balaban J connectivity index is 2.91. The summed E-state index contributed by atoms with van der Waals surface area (Å²) in [6.07, 6.45) is 3.49. The first kappa shape index (κ1) is 10.8. The third-order valence-corrected chi connectivity index (χ3v) is 3.01. The van der Waals surface area contributed by atoms with Gasteiger partial charge in [-0.15, -0.1) is 0 Å². The van der Waals surface area contributed by atoms with Gasteiger partial charge in [-0.3, -0.25) is 4.99 Å². The minimum Gasteiger partial charge on any atom is -0.422 e. The number of aliphatic imine (C=N–C) groups is 1. The summed E-state index contributed by atoms with van der Waals surface area (Å²) in [5.41, 5.74) is 0. The third-order valence-electron chi connectivity index (χ3n) is 1.32. The maximum absolute atomic E-state index is 5.51. The topological polar surface area (TPSA) is 21.6 Å². The first-order valence-electron chi connectivity index (χ1n) is 4.33. The maximum atomic E-state index is 5.51. The van der Waals surface area contributed by atoms with Gasteiger partial charge in [0, 0.05) is 12.6 Å². The smallest absolute Gasteiger partial charge is 0.162 e. The van der Waals surface area contributed by atoms with E-state index in [1.807, 2.05) is 13.1 Å². The molecule has 0 rings (SSSR count). The Labute approximate surface area is 72.0 Å². The molecule has 11 heavy (non-hydrogen) atoms. The van der Waals surface area contributed by atoms with E-state index in [4.69, 9.17) is 4.43 Å². The Hall–Kier alpha value is -0.153. The van der Waals surface area contributed by atoms with Crippen molar-refractivity contribution in [2.24, 2.45) is 4.99 Å². The van der Waals surface area contributed by atoms with E-state index in [9.17, 15) is 0 Å². The molecule has 0 fully saturated rings. The summed E-state index contributed by atoms with van der Waals surface area (Å²) in [5, 5.41) is 0. The van der Waals surface area contributed by atoms with Crippen LogP contribution < -0.4 is 0 Å². The quantitative estimate of drug-likeness (QED) is 0.338. The minimum absolute atomic E-state index is 0.238. The molecule has 2 nitrogen and oxygen atoms in total. The molecule has 0 radical (unpaired) electrons. The second-order valence-electron chi connectivity index (χ2n) is 2.79. The number of hydrogen-bond acceptors (Lipinski definition) is 2. The van der Waals surface area contributed by atoms with Gasteiger partial charge in [-0.2, -0.15) is 0 Å². The number of hydrogen-bond donors (Lipinski definition) is 0. The highest BCUT2D eigenvalue weighted by Gasteiger charge is 1.92. The lowest BCUT2D eigenvalue weighted by Crippen LogP contribution is -2.06. The molecule has 0 aliphatic heterocycles. The van der Waals surface area contributed by atoms with Crippen LogP contribution >= 0.6 is 0 Å². The van der Waals surface area contributed by atoms with Crippen LogP contribution in [0.3, 0.4) is 0 Å². The summed E-state index contributed by atoms with van der Waals surface area (Å²) in [6, 6.07) is 1.26. The van der Waals surface area contributed by atoms with Crippen LogP contribution in [0.1, 0.15) is 27.2 Å². The zero-order valence-corrected chi connectivity index (χ0v) is 9.25. The van der Waals surface area contributed by atoms with Crippen molar-refractivity contribution in [3.63, 3.8) is 0 Å². The van der Waals surface area contributed by atoms with E-state index in [1.165, 1.54) is 12.5 Å². The highest BCUT2D eigenvalue weighted by atomic mass is 28.2. The lowest BCUT2D eigenvalue weighted by atomic mass is 10.5. The van der Waals surface area contributed by atoms with E-state index in [1.54, 1.807) is 0 Å². The van der Waals surface area contributed by atoms with Gasteiger partial charge in [0.1, 0.15) is 0 Å². The van der Waals surface area contributed by atoms with Crippen molar-refractivity contribution < 1.29 is 4.43 Å². The Morgan fingerprint density at radius 1 is 1.55 bits per heavy atom. The summed E-state index contributed by atoms with van der Waals surface area (Å²) < 4.78 is 5.51. The fourth-order valence-electron chi connectivity index (χ4n) is 0.753. The standard InChI is InChI=1S/C8H19NOSi/c1-4-9-6-5-7-11-10-8(2)3/h4,8H,5-7,11H2,1-3H3. The second-order valence-corrected chi connectivity index (χ2v) is 4.24. The molecule has 0 aliphatic rings. The van der Waals surface area contributed by atoms with E-state index in [0.717, 1.165) is 6.54 Å². The molecule has 0 unspecified atom stereocenters. The average Bonchev–Trinajstić information content (AvgIpc) is 1.96. The molecule has 0 atom stereocenters. The fourth-order valence-corrected chi connectivity index (χ4v) is 1.82. The Bertz CT molecular complexity index is 104. The lowest BCUT2D eigenvalue weighted by Gasteiger charge is -2.05. The third kappa shape index (κ3) is 9.85. The maximum Gasteiger partial charge on any atom is 0.162 e. The summed E-state index contributed by atoms with van der Waals surface area (Å²) in [7, 11) is -0.238. The van der Waals surface area contributed by atoms with Crippen molar-refractivity contribution in [2.45, 2.75) is 39.3 Å². The summed E-state index contributed by atoms with van der Waals surface area (Å²) in [5.74, 6) is 0. The van der Waals surface area contributed by atoms with Gasteiger partial charge < -0.3 is 4.43 Å².